The normalized spacial score (nSPS) is 13.1. The maximum absolute atomic E-state index is 11.1. The molecule has 22 heavy (non-hydrogen) atoms. The zero-order chi connectivity index (χ0) is 16.3. The number of ether oxygens (including phenoxy) is 1. The minimum atomic E-state index is -0.828. The number of carboxylic acids is 1. The summed E-state index contributed by atoms with van der Waals surface area (Å²) in [5.41, 5.74) is 0.505. The van der Waals surface area contributed by atoms with E-state index < -0.39 is 11.9 Å². The van der Waals surface area contributed by atoms with E-state index in [0.717, 1.165) is 22.1 Å². The first-order valence-electron chi connectivity index (χ1n) is 7.32. The second-order valence-electron chi connectivity index (χ2n) is 6.44. The van der Waals surface area contributed by atoms with Crippen LogP contribution in [0.4, 0.5) is 0 Å². The van der Waals surface area contributed by atoms with Crippen molar-refractivity contribution in [3.05, 3.63) is 42.0 Å². The Hall–Kier alpha value is -2.07. The van der Waals surface area contributed by atoms with E-state index in [1.807, 2.05) is 50.2 Å². The number of aliphatic carboxylic acids is 1. The molecule has 0 heterocycles. The summed E-state index contributed by atoms with van der Waals surface area (Å²) in [5, 5.41) is 20.3. The first kappa shape index (κ1) is 16.3. The predicted octanol–water partition coefficient (Wildman–Crippen LogP) is 3.43. The monoisotopic (exact) mass is 302 g/mol. The minimum absolute atomic E-state index is 0.0665. The van der Waals surface area contributed by atoms with Gasteiger partial charge in [0.15, 0.2) is 0 Å². The van der Waals surface area contributed by atoms with Crippen LogP contribution < -0.4 is 4.74 Å². The Morgan fingerprint density at radius 2 is 1.82 bits per heavy atom. The van der Waals surface area contributed by atoms with Gasteiger partial charge in [-0.3, -0.25) is 4.79 Å². The maximum atomic E-state index is 11.1. The van der Waals surface area contributed by atoms with Crippen LogP contribution in [0.25, 0.3) is 10.8 Å². The van der Waals surface area contributed by atoms with E-state index in [4.69, 9.17) is 9.84 Å². The Labute approximate surface area is 130 Å². The highest BCUT2D eigenvalue weighted by Crippen LogP contribution is 2.26. The van der Waals surface area contributed by atoms with Gasteiger partial charge in [-0.25, -0.2) is 0 Å². The Morgan fingerprint density at radius 1 is 1.18 bits per heavy atom. The smallest absolute Gasteiger partial charge is 0.310 e. The van der Waals surface area contributed by atoms with Gasteiger partial charge in [-0.15, -0.1) is 0 Å². The lowest BCUT2D eigenvalue weighted by molar-refractivity contribution is -0.138. The molecular formula is C18H22O4. The molecule has 0 bridgehead atoms. The molecule has 0 fully saturated rings. The maximum Gasteiger partial charge on any atom is 0.310 e. The Bertz CT molecular complexity index is 676. The Morgan fingerprint density at radius 3 is 2.45 bits per heavy atom. The first-order chi connectivity index (χ1) is 10.3. The SMILES string of the molecule is CC(C(=O)O)c1ccc2cc(OCC(C)(C)CO)ccc2c1. The van der Waals surface area contributed by atoms with E-state index in [1.165, 1.54) is 0 Å². The van der Waals surface area contributed by atoms with Crippen LogP contribution in [0.1, 0.15) is 32.3 Å². The van der Waals surface area contributed by atoms with Crippen molar-refractivity contribution in [2.75, 3.05) is 13.2 Å². The molecule has 0 spiro atoms. The van der Waals surface area contributed by atoms with Crippen LogP contribution in [0.2, 0.25) is 0 Å². The van der Waals surface area contributed by atoms with Crippen molar-refractivity contribution in [1.29, 1.82) is 0 Å². The molecule has 4 nitrogen and oxygen atoms in total. The average Bonchev–Trinajstić information content (AvgIpc) is 2.51. The molecule has 1 unspecified atom stereocenters. The summed E-state index contributed by atoms with van der Waals surface area (Å²) in [6, 6.07) is 11.4. The number of benzene rings is 2. The van der Waals surface area contributed by atoms with Crippen LogP contribution in [0, 0.1) is 5.41 Å². The summed E-state index contributed by atoms with van der Waals surface area (Å²) < 4.78 is 5.73. The molecule has 0 aromatic heterocycles. The zero-order valence-corrected chi connectivity index (χ0v) is 13.2. The number of hydrogen-bond donors (Lipinski definition) is 2. The molecule has 2 aromatic rings. The third kappa shape index (κ3) is 3.77. The lowest BCUT2D eigenvalue weighted by atomic mass is 9.96. The van der Waals surface area contributed by atoms with Crippen LogP contribution >= 0.6 is 0 Å². The van der Waals surface area contributed by atoms with Crippen molar-refractivity contribution >= 4 is 16.7 Å². The number of rotatable bonds is 6. The highest BCUT2D eigenvalue weighted by molar-refractivity contribution is 5.86. The van der Waals surface area contributed by atoms with E-state index >= 15 is 0 Å². The van der Waals surface area contributed by atoms with Crippen molar-refractivity contribution < 1.29 is 19.7 Å². The van der Waals surface area contributed by atoms with Gasteiger partial charge in [-0.05, 0) is 35.4 Å². The molecule has 0 radical (unpaired) electrons. The highest BCUT2D eigenvalue weighted by Gasteiger charge is 2.17. The van der Waals surface area contributed by atoms with Crippen molar-refractivity contribution in [2.45, 2.75) is 26.7 Å². The zero-order valence-electron chi connectivity index (χ0n) is 13.2. The second-order valence-corrected chi connectivity index (χ2v) is 6.44. The number of hydrogen-bond acceptors (Lipinski definition) is 3. The van der Waals surface area contributed by atoms with Crippen molar-refractivity contribution in [2.24, 2.45) is 5.41 Å². The number of carboxylic acid groups (broad SMARTS) is 1. The molecule has 2 aromatic carbocycles. The van der Waals surface area contributed by atoms with Gasteiger partial charge in [0.2, 0.25) is 0 Å². The number of carbonyl (C=O) groups is 1. The fourth-order valence-electron chi connectivity index (χ4n) is 2.07. The third-order valence-electron chi connectivity index (χ3n) is 3.76. The van der Waals surface area contributed by atoms with Gasteiger partial charge < -0.3 is 14.9 Å². The summed E-state index contributed by atoms with van der Waals surface area (Å²) in [7, 11) is 0. The fourth-order valence-corrected chi connectivity index (χ4v) is 2.07. The van der Waals surface area contributed by atoms with Crippen molar-refractivity contribution in [1.82, 2.24) is 0 Å². The van der Waals surface area contributed by atoms with Crippen LogP contribution in [0.5, 0.6) is 5.75 Å². The topological polar surface area (TPSA) is 66.8 Å². The average molecular weight is 302 g/mol. The van der Waals surface area contributed by atoms with Crippen LogP contribution in [-0.4, -0.2) is 29.4 Å². The quantitative estimate of drug-likeness (QED) is 0.858. The number of aliphatic hydroxyl groups is 1. The van der Waals surface area contributed by atoms with E-state index in [0.29, 0.717) is 6.61 Å². The molecule has 118 valence electrons. The summed E-state index contributed by atoms with van der Waals surface area (Å²) >= 11 is 0. The second kappa shape index (κ2) is 6.36. The largest absolute Gasteiger partial charge is 0.493 e. The standard InChI is InChI=1S/C18H22O4/c1-12(17(20)21)13-4-5-15-9-16(7-6-14(15)8-13)22-11-18(2,3)10-19/h4-9,12,19H,10-11H2,1-3H3,(H,20,21). The van der Waals surface area contributed by atoms with Gasteiger partial charge in [0.1, 0.15) is 5.75 Å². The molecule has 4 heteroatoms. The summed E-state index contributed by atoms with van der Waals surface area (Å²) in [6.07, 6.45) is 0. The minimum Gasteiger partial charge on any atom is -0.493 e. The molecule has 0 aliphatic carbocycles. The molecule has 2 rings (SSSR count). The van der Waals surface area contributed by atoms with Crippen LogP contribution in [0.15, 0.2) is 36.4 Å². The van der Waals surface area contributed by atoms with Crippen molar-refractivity contribution in [3.63, 3.8) is 0 Å². The molecule has 0 amide bonds. The van der Waals surface area contributed by atoms with E-state index in [1.54, 1.807) is 6.92 Å². The summed E-state index contributed by atoms with van der Waals surface area (Å²) in [5.74, 6) is -0.607. The van der Waals surface area contributed by atoms with Crippen molar-refractivity contribution in [3.8, 4) is 5.75 Å². The van der Waals surface area contributed by atoms with E-state index in [9.17, 15) is 9.90 Å². The van der Waals surface area contributed by atoms with E-state index in [2.05, 4.69) is 0 Å². The Balaban J connectivity index is 2.22. The van der Waals surface area contributed by atoms with Gasteiger partial charge in [-0.2, -0.15) is 0 Å². The first-order valence-corrected chi connectivity index (χ1v) is 7.32. The molecule has 0 saturated heterocycles. The number of aliphatic hydroxyl groups excluding tert-OH is 1. The molecule has 0 aliphatic heterocycles. The molecule has 2 N–H and O–H groups in total. The fraction of sp³-hybridized carbons (Fsp3) is 0.389. The molecule has 0 saturated carbocycles. The van der Waals surface area contributed by atoms with Gasteiger partial charge in [0, 0.05) is 5.41 Å². The van der Waals surface area contributed by atoms with Gasteiger partial charge >= 0.3 is 5.97 Å². The Kier molecular flexibility index (Phi) is 4.71. The van der Waals surface area contributed by atoms with Crippen LogP contribution in [0.3, 0.4) is 0 Å². The van der Waals surface area contributed by atoms with Crippen LogP contribution in [-0.2, 0) is 4.79 Å². The summed E-state index contributed by atoms with van der Waals surface area (Å²) in [6.45, 7) is 6.05. The predicted molar refractivity (Wildman–Crippen MR) is 86.4 cm³/mol. The molecule has 0 aliphatic rings. The lowest BCUT2D eigenvalue weighted by Gasteiger charge is -2.21. The third-order valence-corrected chi connectivity index (χ3v) is 3.76. The molecule has 1 atom stereocenters. The molecular weight excluding hydrogens is 280 g/mol. The lowest BCUT2D eigenvalue weighted by Crippen LogP contribution is -2.25. The van der Waals surface area contributed by atoms with Gasteiger partial charge in [0.05, 0.1) is 19.1 Å². The van der Waals surface area contributed by atoms with Gasteiger partial charge in [0.25, 0.3) is 0 Å². The van der Waals surface area contributed by atoms with Gasteiger partial charge in [-0.1, -0.05) is 38.1 Å². The highest BCUT2D eigenvalue weighted by atomic mass is 16.5. The number of fused-ring (bicyclic) bond motifs is 1. The van der Waals surface area contributed by atoms with E-state index in [-0.39, 0.29) is 12.0 Å². The summed E-state index contributed by atoms with van der Waals surface area (Å²) in [4.78, 5) is 11.1.